The van der Waals surface area contributed by atoms with Crippen LogP contribution in [0, 0.1) is 0 Å². The molecule has 0 bridgehead atoms. The van der Waals surface area contributed by atoms with Crippen LogP contribution in [0.4, 0.5) is 0 Å². The van der Waals surface area contributed by atoms with Crippen molar-refractivity contribution in [2.75, 3.05) is 26.2 Å². The number of hydrogen-bond donors (Lipinski definition) is 1. The van der Waals surface area contributed by atoms with Gasteiger partial charge in [-0.15, -0.1) is 36.2 Å². The fourth-order valence-electron chi connectivity index (χ4n) is 2.59. The Labute approximate surface area is 147 Å². The van der Waals surface area contributed by atoms with E-state index in [-0.39, 0.29) is 24.8 Å². The lowest BCUT2D eigenvalue weighted by Gasteiger charge is -2.34. The number of piperazine rings is 1. The molecule has 1 aromatic rings. The maximum absolute atomic E-state index is 3.59. The Morgan fingerprint density at radius 3 is 2.50 bits per heavy atom. The lowest BCUT2D eigenvalue weighted by atomic mass is 10.0. The molecule has 0 aromatic carbocycles. The Morgan fingerprint density at radius 2 is 1.95 bits per heavy atom. The van der Waals surface area contributed by atoms with Gasteiger partial charge in [0, 0.05) is 37.1 Å². The van der Waals surface area contributed by atoms with Crippen molar-refractivity contribution in [3.63, 3.8) is 0 Å². The van der Waals surface area contributed by atoms with Crippen LogP contribution in [-0.4, -0.2) is 31.1 Å². The molecule has 0 spiro atoms. The SMILES string of the molecule is CCCCC[C@H](c1ccc(Br)s1)N1CCNCC1.Cl.Cl. The lowest BCUT2D eigenvalue weighted by Crippen LogP contribution is -2.45. The van der Waals surface area contributed by atoms with Crippen molar-refractivity contribution in [2.24, 2.45) is 0 Å². The molecule has 0 radical (unpaired) electrons. The average Bonchev–Trinajstić information content (AvgIpc) is 2.82. The maximum atomic E-state index is 3.59. The van der Waals surface area contributed by atoms with E-state index in [0.717, 1.165) is 13.1 Å². The summed E-state index contributed by atoms with van der Waals surface area (Å²) in [6.07, 6.45) is 5.32. The van der Waals surface area contributed by atoms with E-state index < -0.39 is 0 Å². The molecule has 20 heavy (non-hydrogen) atoms. The molecule has 2 heterocycles. The summed E-state index contributed by atoms with van der Waals surface area (Å²) in [7, 11) is 0. The molecule has 1 fully saturated rings. The largest absolute Gasteiger partial charge is 0.314 e. The zero-order valence-corrected chi connectivity index (χ0v) is 16.0. The highest BCUT2D eigenvalue weighted by Crippen LogP contribution is 2.34. The second kappa shape index (κ2) is 11.3. The van der Waals surface area contributed by atoms with Gasteiger partial charge in [0.2, 0.25) is 0 Å². The molecular formula is C14H25BrCl2N2S. The first-order valence-corrected chi connectivity index (χ1v) is 8.62. The summed E-state index contributed by atoms with van der Waals surface area (Å²) < 4.78 is 1.26. The van der Waals surface area contributed by atoms with Gasteiger partial charge in [-0.2, -0.15) is 0 Å². The molecule has 2 nitrogen and oxygen atoms in total. The Bertz CT molecular complexity index is 357. The molecule has 6 heteroatoms. The van der Waals surface area contributed by atoms with Gasteiger partial charge in [-0.3, -0.25) is 4.90 Å². The van der Waals surface area contributed by atoms with Gasteiger partial charge in [0.1, 0.15) is 0 Å². The standard InChI is InChI=1S/C14H23BrN2S.2ClH/c1-2-3-4-5-12(13-6-7-14(15)18-13)17-10-8-16-9-11-17;;/h6-7,12,16H,2-5,8-11H2,1H3;2*1H/t12-;;/m1../s1. The lowest BCUT2D eigenvalue weighted by molar-refractivity contribution is 0.165. The summed E-state index contributed by atoms with van der Waals surface area (Å²) in [6, 6.07) is 5.12. The van der Waals surface area contributed by atoms with Crippen LogP contribution in [0.2, 0.25) is 0 Å². The molecule has 0 saturated carbocycles. The topological polar surface area (TPSA) is 15.3 Å². The van der Waals surface area contributed by atoms with Crippen LogP contribution in [0.1, 0.15) is 43.5 Å². The molecule has 0 unspecified atom stereocenters. The molecule has 2 rings (SSSR count). The second-order valence-electron chi connectivity index (χ2n) is 4.94. The van der Waals surface area contributed by atoms with Crippen LogP contribution < -0.4 is 5.32 Å². The minimum absolute atomic E-state index is 0. The first-order chi connectivity index (χ1) is 8.81. The molecular weight excluding hydrogens is 379 g/mol. The van der Waals surface area contributed by atoms with Crippen molar-refractivity contribution in [2.45, 2.75) is 38.6 Å². The molecule has 0 aliphatic carbocycles. The first kappa shape index (κ1) is 20.7. The van der Waals surface area contributed by atoms with Gasteiger partial charge < -0.3 is 5.32 Å². The van der Waals surface area contributed by atoms with E-state index in [9.17, 15) is 0 Å². The highest BCUT2D eigenvalue weighted by molar-refractivity contribution is 9.11. The van der Waals surface area contributed by atoms with E-state index in [0.29, 0.717) is 6.04 Å². The van der Waals surface area contributed by atoms with Crippen molar-refractivity contribution >= 4 is 52.1 Å². The molecule has 1 aromatic heterocycles. The van der Waals surface area contributed by atoms with Gasteiger partial charge in [0.15, 0.2) is 0 Å². The average molecular weight is 404 g/mol. The van der Waals surface area contributed by atoms with Crippen LogP contribution in [0.25, 0.3) is 0 Å². The van der Waals surface area contributed by atoms with Crippen molar-refractivity contribution in [1.82, 2.24) is 10.2 Å². The molecule has 1 aliphatic heterocycles. The third-order valence-electron chi connectivity index (χ3n) is 3.60. The van der Waals surface area contributed by atoms with Crippen LogP contribution >= 0.6 is 52.1 Å². The first-order valence-electron chi connectivity index (χ1n) is 7.01. The predicted molar refractivity (Wildman–Crippen MR) is 97.8 cm³/mol. The van der Waals surface area contributed by atoms with E-state index in [2.05, 4.69) is 45.2 Å². The third-order valence-corrected chi connectivity index (χ3v) is 5.32. The number of nitrogens with one attached hydrogen (secondary N) is 1. The van der Waals surface area contributed by atoms with Gasteiger partial charge in [-0.05, 0) is 34.5 Å². The summed E-state index contributed by atoms with van der Waals surface area (Å²) in [6.45, 7) is 6.92. The fourth-order valence-corrected chi connectivity index (χ4v) is 4.19. The Morgan fingerprint density at radius 1 is 1.25 bits per heavy atom. The summed E-state index contributed by atoms with van der Waals surface area (Å²) in [5.74, 6) is 0. The van der Waals surface area contributed by atoms with Crippen LogP contribution in [0.3, 0.4) is 0 Å². The van der Waals surface area contributed by atoms with E-state index >= 15 is 0 Å². The number of hydrogen-bond acceptors (Lipinski definition) is 3. The number of thiophene rings is 1. The van der Waals surface area contributed by atoms with Gasteiger partial charge in [0.25, 0.3) is 0 Å². The quantitative estimate of drug-likeness (QED) is 0.680. The molecule has 1 aliphatic rings. The summed E-state index contributed by atoms with van der Waals surface area (Å²) >= 11 is 5.50. The smallest absolute Gasteiger partial charge is 0.0701 e. The zero-order valence-electron chi connectivity index (χ0n) is 11.9. The highest BCUT2D eigenvalue weighted by Gasteiger charge is 2.22. The van der Waals surface area contributed by atoms with Gasteiger partial charge in [-0.1, -0.05) is 26.2 Å². The van der Waals surface area contributed by atoms with E-state index in [1.807, 2.05) is 11.3 Å². The van der Waals surface area contributed by atoms with Crippen LogP contribution in [0.15, 0.2) is 15.9 Å². The van der Waals surface area contributed by atoms with Gasteiger partial charge in [0.05, 0.1) is 3.79 Å². The minimum atomic E-state index is 0. The summed E-state index contributed by atoms with van der Waals surface area (Å²) in [5.41, 5.74) is 0. The number of unbranched alkanes of at least 4 members (excludes halogenated alkanes) is 2. The molecule has 1 atom stereocenters. The van der Waals surface area contributed by atoms with Crippen molar-refractivity contribution in [3.05, 3.63) is 20.8 Å². The van der Waals surface area contributed by atoms with Crippen molar-refractivity contribution in [3.8, 4) is 0 Å². The zero-order chi connectivity index (χ0) is 12.8. The molecule has 118 valence electrons. The van der Waals surface area contributed by atoms with Crippen LogP contribution in [-0.2, 0) is 0 Å². The van der Waals surface area contributed by atoms with Crippen LogP contribution in [0.5, 0.6) is 0 Å². The number of nitrogens with zero attached hydrogens (tertiary/aromatic N) is 1. The monoisotopic (exact) mass is 402 g/mol. The molecule has 1 saturated heterocycles. The van der Waals surface area contributed by atoms with E-state index in [1.165, 1.54) is 47.4 Å². The predicted octanol–water partition coefficient (Wildman–Crippen LogP) is 4.88. The van der Waals surface area contributed by atoms with E-state index in [4.69, 9.17) is 0 Å². The van der Waals surface area contributed by atoms with Crippen molar-refractivity contribution < 1.29 is 0 Å². The highest BCUT2D eigenvalue weighted by atomic mass is 79.9. The maximum Gasteiger partial charge on any atom is 0.0701 e. The Hall–Kier alpha value is 0.680. The minimum Gasteiger partial charge on any atom is -0.314 e. The second-order valence-corrected chi connectivity index (χ2v) is 7.43. The summed E-state index contributed by atoms with van der Waals surface area (Å²) in [4.78, 5) is 4.18. The Balaban J connectivity index is 0.00000180. The number of halogens is 3. The molecule has 1 N–H and O–H groups in total. The normalized spacial score (nSPS) is 17.1. The fraction of sp³-hybridized carbons (Fsp3) is 0.714. The third kappa shape index (κ3) is 6.20. The Kier molecular flexibility index (Phi) is 11.7. The van der Waals surface area contributed by atoms with Gasteiger partial charge in [-0.25, -0.2) is 0 Å². The molecule has 0 amide bonds. The van der Waals surface area contributed by atoms with Gasteiger partial charge >= 0.3 is 0 Å². The van der Waals surface area contributed by atoms with E-state index in [1.54, 1.807) is 0 Å². The number of rotatable bonds is 6. The van der Waals surface area contributed by atoms with Crippen molar-refractivity contribution in [1.29, 1.82) is 0 Å². The summed E-state index contributed by atoms with van der Waals surface area (Å²) in [5, 5.41) is 3.45.